The van der Waals surface area contributed by atoms with Crippen LogP contribution in [0, 0.1) is 5.92 Å². The van der Waals surface area contributed by atoms with Gasteiger partial charge in [0.05, 0.1) is 6.17 Å². The van der Waals surface area contributed by atoms with Crippen LogP contribution in [0.4, 0.5) is 30.7 Å². The van der Waals surface area contributed by atoms with Crippen LogP contribution in [-0.4, -0.2) is 18.5 Å². The van der Waals surface area contributed by atoms with E-state index in [0.717, 1.165) is 0 Å². The molecule has 0 radical (unpaired) electrons. The molecule has 0 spiro atoms. The molecule has 0 amide bonds. The molecule has 0 rings (SSSR count). The van der Waals surface area contributed by atoms with Gasteiger partial charge in [-0.05, 0) is 13.3 Å². The second-order valence-corrected chi connectivity index (χ2v) is 2.65. The average Bonchev–Trinajstić information content (AvgIpc) is 1.77. The van der Waals surface area contributed by atoms with Crippen molar-refractivity contribution >= 4 is 0 Å². The lowest BCUT2D eigenvalue weighted by Gasteiger charge is -2.23. The maximum absolute atomic E-state index is 12.0. The van der Waals surface area contributed by atoms with Crippen LogP contribution in [0.25, 0.3) is 0 Å². The number of alkyl halides is 7. The number of hydrogen-bond acceptors (Lipinski definition) is 0. The van der Waals surface area contributed by atoms with Crippen LogP contribution in [0.2, 0.25) is 0 Å². The molecule has 1 unspecified atom stereocenters. The lowest BCUT2D eigenvalue weighted by atomic mass is 10.0. The van der Waals surface area contributed by atoms with Gasteiger partial charge in [0.1, 0.15) is 0 Å². The summed E-state index contributed by atoms with van der Waals surface area (Å²) in [5, 5.41) is 0. The van der Waals surface area contributed by atoms with Crippen molar-refractivity contribution in [3.05, 3.63) is 0 Å². The molecule has 0 aliphatic heterocycles. The summed E-state index contributed by atoms with van der Waals surface area (Å²) >= 11 is 0. The molecule has 0 bridgehead atoms. The summed E-state index contributed by atoms with van der Waals surface area (Å²) in [4.78, 5) is 0. The molecule has 0 aromatic heterocycles. The van der Waals surface area contributed by atoms with Crippen LogP contribution < -0.4 is 0 Å². The summed E-state index contributed by atoms with van der Waals surface area (Å²) in [7, 11) is 0. The van der Waals surface area contributed by atoms with Gasteiger partial charge in [-0.15, -0.1) is 0 Å². The Hall–Kier alpha value is -0.490. The Kier molecular flexibility index (Phi) is 3.57. The third-order valence-electron chi connectivity index (χ3n) is 1.35. The zero-order valence-corrected chi connectivity index (χ0v) is 6.51. The third-order valence-corrected chi connectivity index (χ3v) is 1.35. The van der Waals surface area contributed by atoms with E-state index in [0.29, 0.717) is 6.92 Å². The van der Waals surface area contributed by atoms with Gasteiger partial charge in [-0.25, -0.2) is 4.39 Å². The fourth-order valence-electron chi connectivity index (χ4n) is 0.778. The predicted molar refractivity (Wildman–Crippen MR) is 30.8 cm³/mol. The molecular formula is C6H7F7. The minimum Gasteiger partial charge on any atom is -0.248 e. The van der Waals surface area contributed by atoms with Gasteiger partial charge in [-0.3, -0.25) is 0 Å². The van der Waals surface area contributed by atoms with Gasteiger partial charge in [0.15, 0.2) is 5.92 Å². The van der Waals surface area contributed by atoms with E-state index in [1.165, 1.54) is 0 Å². The molecule has 13 heavy (non-hydrogen) atoms. The van der Waals surface area contributed by atoms with E-state index in [1.54, 1.807) is 0 Å². The second-order valence-electron chi connectivity index (χ2n) is 2.65. The van der Waals surface area contributed by atoms with Crippen molar-refractivity contribution in [2.75, 3.05) is 0 Å². The van der Waals surface area contributed by atoms with E-state index >= 15 is 0 Å². The van der Waals surface area contributed by atoms with Crippen LogP contribution in [0.3, 0.4) is 0 Å². The van der Waals surface area contributed by atoms with E-state index in [2.05, 4.69) is 0 Å². The summed E-state index contributed by atoms with van der Waals surface area (Å²) in [5.74, 6) is -3.57. The fraction of sp³-hybridized carbons (Fsp3) is 1.00. The molecule has 0 N–H and O–H groups in total. The molecule has 0 fully saturated rings. The Labute approximate surface area is 69.7 Å². The molecule has 0 saturated heterocycles. The summed E-state index contributed by atoms with van der Waals surface area (Å²) < 4.78 is 82.2. The largest absolute Gasteiger partial charge is 0.400 e. The minimum absolute atomic E-state index is 0.657. The first kappa shape index (κ1) is 12.5. The maximum atomic E-state index is 12.0. The topological polar surface area (TPSA) is 0 Å². The van der Waals surface area contributed by atoms with Crippen molar-refractivity contribution in [2.45, 2.75) is 31.9 Å². The standard InChI is InChI=1S/C6H7F7/c1-3(7)2-4(5(8,9)10)6(11,12)13/h3-4H,2H2,1H3. The van der Waals surface area contributed by atoms with E-state index in [-0.39, 0.29) is 0 Å². The minimum atomic E-state index is -5.43. The highest BCUT2D eigenvalue weighted by Crippen LogP contribution is 2.42. The van der Waals surface area contributed by atoms with Crippen LogP contribution in [0.5, 0.6) is 0 Å². The first-order chi connectivity index (χ1) is 5.55. The molecule has 1 atom stereocenters. The van der Waals surface area contributed by atoms with Gasteiger partial charge in [-0.2, -0.15) is 26.3 Å². The Morgan fingerprint density at radius 1 is 0.923 bits per heavy atom. The lowest BCUT2D eigenvalue weighted by molar-refractivity contribution is -0.288. The Morgan fingerprint density at radius 2 is 1.23 bits per heavy atom. The van der Waals surface area contributed by atoms with E-state index in [9.17, 15) is 30.7 Å². The fourth-order valence-corrected chi connectivity index (χ4v) is 0.778. The van der Waals surface area contributed by atoms with E-state index in [1.807, 2.05) is 0 Å². The molecule has 0 aliphatic rings. The maximum Gasteiger partial charge on any atom is 0.400 e. The number of rotatable bonds is 2. The van der Waals surface area contributed by atoms with Gasteiger partial charge in [-0.1, -0.05) is 0 Å². The van der Waals surface area contributed by atoms with Crippen molar-refractivity contribution in [2.24, 2.45) is 5.92 Å². The van der Waals surface area contributed by atoms with Gasteiger partial charge in [0.2, 0.25) is 0 Å². The normalized spacial score (nSPS) is 16.4. The smallest absolute Gasteiger partial charge is 0.248 e. The second kappa shape index (κ2) is 3.71. The van der Waals surface area contributed by atoms with Crippen LogP contribution in [0.15, 0.2) is 0 Å². The zero-order valence-electron chi connectivity index (χ0n) is 6.51. The Morgan fingerprint density at radius 3 is 1.31 bits per heavy atom. The quantitative estimate of drug-likeness (QED) is 0.614. The van der Waals surface area contributed by atoms with Crippen molar-refractivity contribution in [3.8, 4) is 0 Å². The average molecular weight is 212 g/mol. The third kappa shape index (κ3) is 4.33. The van der Waals surface area contributed by atoms with Crippen LogP contribution in [0.1, 0.15) is 13.3 Å². The first-order valence-corrected chi connectivity index (χ1v) is 3.32. The predicted octanol–water partition coefficient (Wildman–Crippen LogP) is 3.48. The summed E-state index contributed by atoms with van der Waals surface area (Å²) in [6.45, 7) is 0.657. The van der Waals surface area contributed by atoms with Crippen LogP contribution >= 0.6 is 0 Å². The SMILES string of the molecule is CC(F)CC(C(F)(F)F)C(F)(F)F. The lowest BCUT2D eigenvalue weighted by Crippen LogP contribution is -2.37. The molecule has 0 saturated carbocycles. The van der Waals surface area contributed by atoms with Crippen LogP contribution in [-0.2, 0) is 0 Å². The molecule has 0 aromatic carbocycles. The summed E-state index contributed by atoms with van der Waals surface area (Å²) in [5.41, 5.74) is 0. The molecule has 80 valence electrons. The monoisotopic (exact) mass is 212 g/mol. The van der Waals surface area contributed by atoms with E-state index in [4.69, 9.17) is 0 Å². The summed E-state index contributed by atoms with van der Waals surface area (Å²) in [6, 6.07) is 0. The van der Waals surface area contributed by atoms with Crippen molar-refractivity contribution < 1.29 is 30.7 Å². The van der Waals surface area contributed by atoms with Gasteiger partial charge in [0, 0.05) is 0 Å². The summed E-state index contributed by atoms with van der Waals surface area (Å²) in [6.07, 6.45) is -14.6. The first-order valence-electron chi connectivity index (χ1n) is 3.32. The van der Waals surface area contributed by atoms with Gasteiger partial charge < -0.3 is 0 Å². The van der Waals surface area contributed by atoms with Gasteiger partial charge in [0.25, 0.3) is 0 Å². The highest BCUT2D eigenvalue weighted by Gasteiger charge is 2.56. The highest BCUT2D eigenvalue weighted by molar-refractivity contribution is 4.77. The Balaban J connectivity index is 4.58. The number of hydrogen-bond donors (Lipinski definition) is 0. The Bertz CT molecular complexity index is 139. The van der Waals surface area contributed by atoms with E-state index < -0.39 is 30.9 Å². The van der Waals surface area contributed by atoms with Crippen molar-refractivity contribution in [1.29, 1.82) is 0 Å². The molecule has 0 nitrogen and oxygen atoms in total. The van der Waals surface area contributed by atoms with Crippen molar-refractivity contribution in [3.63, 3.8) is 0 Å². The van der Waals surface area contributed by atoms with Crippen molar-refractivity contribution in [1.82, 2.24) is 0 Å². The highest BCUT2D eigenvalue weighted by atomic mass is 19.4. The molecule has 0 heterocycles. The molecule has 0 aliphatic carbocycles. The van der Waals surface area contributed by atoms with Gasteiger partial charge >= 0.3 is 12.4 Å². The zero-order chi connectivity index (χ0) is 10.9. The molecule has 0 aromatic rings. The molecular weight excluding hydrogens is 205 g/mol. The molecule has 7 heteroatoms. The number of halogens is 7.